The molecule has 114 valence electrons. The van der Waals surface area contributed by atoms with Gasteiger partial charge in [0, 0.05) is 19.2 Å². The van der Waals surface area contributed by atoms with Crippen molar-refractivity contribution in [3.63, 3.8) is 0 Å². The molecule has 0 fully saturated rings. The van der Waals surface area contributed by atoms with Crippen molar-refractivity contribution in [2.75, 3.05) is 20.3 Å². The minimum Gasteiger partial charge on any atom is -0.383 e. The molecule has 1 aromatic rings. The molecule has 3 N–H and O–H groups in total. The Morgan fingerprint density at radius 2 is 1.81 bits per heavy atom. The smallest absolute Gasteiger partial charge is 0.327 e. The van der Waals surface area contributed by atoms with Gasteiger partial charge >= 0.3 is 11.8 Å². The number of methoxy groups -OCH3 is 1. The summed E-state index contributed by atoms with van der Waals surface area (Å²) < 4.78 is 4.71. The zero-order valence-electron chi connectivity index (χ0n) is 11.0. The van der Waals surface area contributed by atoms with E-state index < -0.39 is 17.7 Å². The van der Waals surface area contributed by atoms with Crippen LogP contribution < -0.4 is 16.2 Å². The predicted molar refractivity (Wildman–Crippen MR) is 77.0 cm³/mol. The summed E-state index contributed by atoms with van der Waals surface area (Å²) >= 11 is 11.5. The Labute approximate surface area is 130 Å². The maximum absolute atomic E-state index is 11.7. The average Bonchev–Trinajstić information content (AvgIpc) is 2.47. The lowest BCUT2D eigenvalue weighted by Crippen LogP contribution is -2.49. The Morgan fingerprint density at radius 3 is 2.43 bits per heavy atom. The van der Waals surface area contributed by atoms with Gasteiger partial charge in [-0.1, -0.05) is 23.2 Å². The molecule has 1 rings (SSSR count). The van der Waals surface area contributed by atoms with E-state index in [1.165, 1.54) is 25.3 Å². The van der Waals surface area contributed by atoms with E-state index in [-0.39, 0.29) is 23.7 Å². The molecule has 0 saturated heterocycles. The van der Waals surface area contributed by atoms with Gasteiger partial charge in [-0.3, -0.25) is 25.2 Å². The number of rotatable bonds is 4. The standard InChI is InChI=1S/C12H13Cl2N3O4/c1-21-5-4-15-11(19)12(20)17-16-10(18)7-2-3-8(13)9(14)6-7/h2-3,6H,4-5H2,1H3,(H,15,19)(H,16,18)(H,17,20). The van der Waals surface area contributed by atoms with Gasteiger partial charge in [-0.2, -0.15) is 0 Å². The molecule has 0 heterocycles. The molecule has 7 nitrogen and oxygen atoms in total. The average molecular weight is 334 g/mol. The van der Waals surface area contributed by atoms with Crippen LogP contribution in [-0.4, -0.2) is 38.0 Å². The van der Waals surface area contributed by atoms with Crippen LogP contribution in [0.15, 0.2) is 18.2 Å². The van der Waals surface area contributed by atoms with Gasteiger partial charge in [0.1, 0.15) is 0 Å². The second kappa shape index (κ2) is 8.46. The summed E-state index contributed by atoms with van der Waals surface area (Å²) in [6, 6.07) is 4.20. The molecular formula is C12H13Cl2N3O4. The van der Waals surface area contributed by atoms with Gasteiger partial charge < -0.3 is 10.1 Å². The fourth-order valence-corrected chi connectivity index (χ4v) is 1.52. The summed E-state index contributed by atoms with van der Waals surface area (Å²) in [5.41, 5.74) is 4.24. The van der Waals surface area contributed by atoms with Crippen LogP contribution in [0.3, 0.4) is 0 Å². The molecule has 0 aromatic heterocycles. The van der Waals surface area contributed by atoms with Crippen molar-refractivity contribution >= 4 is 40.9 Å². The highest BCUT2D eigenvalue weighted by Crippen LogP contribution is 2.22. The Balaban J connectivity index is 2.46. The Hall–Kier alpha value is -1.83. The molecule has 0 aliphatic carbocycles. The van der Waals surface area contributed by atoms with E-state index >= 15 is 0 Å². The molecule has 0 radical (unpaired) electrons. The fourth-order valence-electron chi connectivity index (χ4n) is 1.23. The minimum atomic E-state index is -1.00. The number of carbonyl (C=O) groups is 3. The summed E-state index contributed by atoms with van der Waals surface area (Å²) in [7, 11) is 1.46. The molecule has 0 bridgehead atoms. The highest BCUT2D eigenvalue weighted by Gasteiger charge is 2.14. The third-order valence-electron chi connectivity index (χ3n) is 2.27. The van der Waals surface area contributed by atoms with Crippen LogP contribution >= 0.6 is 23.2 Å². The van der Waals surface area contributed by atoms with Gasteiger partial charge in [-0.25, -0.2) is 0 Å². The lowest BCUT2D eigenvalue weighted by molar-refractivity contribution is -0.139. The molecule has 0 unspecified atom stereocenters. The first-order valence-corrected chi connectivity index (χ1v) is 6.53. The Morgan fingerprint density at radius 1 is 1.10 bits per heavy atom. The van der Waals surface area contributed by atoms with Gasteiger partial charge in [0.15, 0.2) is 0 Å². The number of hydrazine groups is 1. The number of hydrogen-bond donors (Lipinski definition) is 3. The Kier molecular flexibility index (Phi) is 6.93. The molecule has 0 spiro atoms. The number of hydrogen-bond acceptors (Lipinski definition) is 4. The molecule has 0 saturated carbocycles. The van der Waals surface area contributed by atoms with Gasteiger partial charge in [-0.05, 0) is 18.2 Å². The van der Waals surface area contributed by atoms with Crippen molar-refractivity contribution in [2.45, 2.75) is 0 Å². The molecule has 0 aliphatic heterocycles. The zero-order chi connectivity index (χ0) is 15.8. The fraction of sp³-hybridized carbons (Fsp3) is 0.250. The molecule has 0 aliphatic rings. The summed E-state index contributed by atoms with van der Waals surface area (Å²) in [6.07, 6.45) is 0. The van der Waals surface area contributed by atoms with Crippen molar-refractivity contribution < 1.29 is 19.1 Å². The van der Waals surface area contributed by atoms with Crippen LogP contribution in [0.5, 0.6) is 0 Å². The van der Waals surface area contributed by atoms with Crippen molar-refractivity contribution in [1.82, 2.24) is 16.2 Å². The van der Waals surface area contributed by atoms with E-state index in [1.54, 1.807) is 0 Å². The normalized spacial score (nSPS) is 9.86. The molecule has 21 heavy (non-hydrogen) atoms. The van der Waals surface area contributed by atoms with Gasteiger partial charge in [0.2, 0.25) is 0 Å². The van der Waals surface area contributed by atoms with Crippen LogP contribution in [-0.2, 0) is 14.3 Å². The molecule has 3 amide bonds. The summed E-state index contributed by atoms with van der Waals surface area (Å²) in [5.74, 6) is -2.52. The molecular weight excluding hydrogens is 321 g/mol. The monoisotopic (exact) mass is 333 g/mol. The predicted octanol–water partition coefficient (Wildman–Crippen LogP) is 0.517. The maximum atomic E-state index is 11.7. The minimum absolute atomic E-state index is 0.184. The van der Waals surface area contributed by atoms with Crippen molar-refractivity contribution in [1.29, 1.82) is 0 Å². The van der Waals surface area contributed by atoms with Crippen LogP contribution in [0.2, 0.25) is 10.0 Å². The molecule has 0 atom stereocenters. The van der Waals surface area contributed by atoms with Gasteiger partial charge in [0.05, 0.1) is 16.7 Å². The van der Waals surface area contributed by atoms with E-state index in [9.17, 15) is 14.4 Å². The van der Waals surface area contributed by atoms with E-state index in [2.05, 4.69) is 10.7 Å². The van der Waals surface area contributed by atoms with E-state index in [0.29, 0.717) is 5.02 Å². The van der Waals surface area contributed by atoms with Crippen molar-refractivity contribution in [3.05, 3.63) is 33.8 Å². The van der Waals surface area contributed by atoms with Gasteiger partial charge in [-0.15, -0.1) is 0 Å². The van der Waals surface area contributed by atoms with Crippen LogP contribution in [0.1, 0.15) is 10.4 Å². The first kappa shape index (κ1) is 17.2. The van der Waals surface area contributed by atoms with Crippen molar-refractivity contribution in [2.24, 2.45) is 0 Å². The highest BCUT2D eigenvalue weighted by atomic mass is 35.5. The topological polar surface area (TPSA) is 96.5 Å². The number of benzene rings is 1. The first-order valence-electron chi connectivity index (χ1n) is 5.78. The molecule has 9 heteroatoms. The van der Waals surface area contributed by atoms with E-state index in [0.717, 1.165) is 0 Å². The number of amides is 3. The quantitative estimate of drug-likeness (QED) is 0.425. The highest BCUT2D eigenvalue weighted by molar-refractivity contribution is 6.42. The number of carbonyl (C=O) groups excluding carboxylic acids is 3. The SMILES string of the molecule is COCCNC(=O)C(=O)NNC(=O)c1ccc(Cl)c(Cl)c1. The second-order valence-electron chi connectivity index (χ2n) is 3.79. The maximum Gasteiger partial charge on any atom is 0.327 e. The van der Waals surface area contributed by atoms with E-state index in [1.807, 2.05) is 5.43 Å². The van der Waals surface area contributed by atoms with Crippen LogP contribution in [0.25, 0.3) is 0 Å². The first-order chi connectivity index (χ1) is 9.95. The zero-order valence-corrected chi connectivity index (χ0v) is 12.5. The van der Waals surface area contributed by atoms with Crippen molar-refractivity contribution in [3.8, 4) is 0 Å². The summed E-state index contributed by atoms with van der Waals surface area (Å²) in [5, 5.41) is 2.80. The largest absolute Gasteiger partial charge is 0.383 e. The third kappa shape index (κ3) is 5.58. The number of halogens is 2. The third-order valence-corrected chi connectivity index (χ3v) is 3.01. The summed E-state index contributed by atoms with van der Waals surface area (Å²) in [6.45, 7) is 0.456. The second-order valence-corrected chi connectivity index (χ2v) is 4.60. The van der Waals surface area contributed by atoms with Crippen LogP contribution in [0, 0.1) is 0 Å². The molecule has 1 aromatic carbocycles. The van der Waals surface area contributed by atoms with E-state index in [4.69, 9.17) is 27.9 Å². The number of nitrogens with one attached hydrogen (secondary N) is 3. The van der Waals surface area contributed by atoms with Gasteiger partial charge in [0.25, 0.3) is 5.91 Å². The van der Waals surface area contributed by atoms with Crippen LogP contribution in [0.4, 0.5) is 0 Å². The Bertz CT molecular complexity index is 551. The lowest BCUT2D eigenvalue weighted by atomic mass is 10.2. The summed E-state index contributed by atoms with van der Waals surface area (Å²) in [4.78, 5) is 34.4. The lowest BCUT2D eigenvalue weighted by Gasteiger charge is -2.08. The number of ether oxygens (including phenoxy) is 1.